The van der Waals surface area contributed by atoms with E-state index in [4.69, 9.17) is 0 Å². The maximum atomic E-state index is 3.60. The van der Waals surface area contributed by atoms with E-state index in [0.717, 1.165) is 19.0 Å². The second-order valence-electron chi connectivity index (χ2n) is 5.33. The molecule has 0 aromatic heterocycles. The lowest BCUT2D eigenvalue weighted by Gasteiger charge is -2.31. The molecule has 0 radical (unpaired) electrons. The summed E-state index contributed by atoms with van der Waals surface area (Å²) in [7, 11) is 4.37. The van der Waals surface area contributed by atoms with Crippen molar-refractivity contribution in [3.63, 3.8) is 0 Å². The minimum Gasteiger partial charge on any atom is -0.311 e. The van der Waals surface area contributed by atoms with Gasteiger partial charge in [0, 0.05) is 23.6 Å². The van der Waals surface area contributed by atoms with Gasteiger partial charge in [0.15, 0.2) is 0 Å². The first-order chi connectivity index (χ1) is 9.10. The van der Waals surface area contributed by atoms with Crippen LogP contribution in [0.1, 0.15) is 32.3 Å². The number of benzene rings is 1. The van der Waals surface area contributed by atoms with Crippen LogP contribution in [0, 0.1) is 5.92 Å². The van der Waals surface area contributed by atoms with Gasteiger partial charge in [-0.2, -0.15) is 0 Å². The van der Waals surface area contributed by atoms with Gasteiger partial charge >= 0.3 is 0 Å². The Labute approximate surface area is 126 Å². The summed E-state index contributed by atoms with van der Waals surface area (Å²) in [6, 6.07) is 9.02. The molecule has 0 spiro atoms. The molecular formula is C16H27BrN2. The van der Waals surface area contributed by atoms with Crippen molar-refractivity contribution in [2.24, 2.45) is 5.92 Å². The number of rotatable bonds is 8. The highest BCUT2D eigenvalue weighted by atomic mass is 79.9. The maximum absolute atomic E-state index is 3.60. The van der Waals surface area contributed by atoms with Crippen molar-refractivity contribution in [3.05, 3.63) is 34.3 Å². The van der Waals surface area contributed by atoms with Crippen molar-refractivity contribution in [1.82, 2.24) is 10.2 Å². The minimum atomic E-state index is 0.609. The van der Waals surface area contributed by atoms with Crippen LogP contribution in [0.3, 0.4) is 0 Å². The molecule has 1 atom stereocenters. The lowest BCUT2D eigenvalue weighted by Crippen LogP contribution is -2.42. The second-order valence-corrected chi connectivity index (χ2v) is 6.18. The molecule has 19 heavy (non-hydrogen) atoms. The Morgan fingerprint density at radius 3 is 2.32 bits per heavy atom. The fourth-order valence-corrected chi connectivity index (χ4v) is 3.03. The molecular weight excluding hydrogens is 300 g/mol. The number of hydrogen-bond acceptors (Lipinski definition) is 2. The first-order valence-electron chi connectivity index (χ1n) is 7.20. The molecule has 0 aliphatic rings. The van der Waals surface area contributed by atoms with E-state index in [2.05, 4.69) is 78.4 Å². The highest BCUT2D eigenvalue weighted by molar-refractivity contribution is 9.10. The first kappa shape index (κ1) is 16.7. The molecule has 0 fully saturated rings. The summed E-state index contributed by atoms with van der Waals surface area (Å²) in [6.45, 7) is 6.55. The molecule has 3 heteroatoms. The van der Waals surface area contributed by atoms with E-state index < -0.39 is 0 Å². The number of nitrogens with one attached hydrogen (secondary N) is 1. The van der Waals surface area contributed by atoms with E-state index in [1.807, 2.05) is 0 Å². The van der Waals surface area contributed by atoms with Crippen LogP contribution in [0.2, 0.25) is 0 Å². The van der Waals surface area contributed by atoms with Gasteiger partial charge in [0.05, 0.1) is 0 Å². The molecule has 108 valence electrons. The van der Waals surface area contributed by atoms with Gasteiger partial charge in [0.25, 0.3) is 0 Å². The molecule has 1 aromatic carbocycles. The number of hydrogen-bond donors (Lipinski definition) is 1. The van der Waals surface area contributed by atoms with Gasteiger partial charge in [-0.3, -0.25) is 0 Å². The standard InChI is InChI=1S/C16H27BrN2/c1-5-13(6-2)16(19(3)4)12-18-11-14-9-7-8-10-15(14)17/h7-10,13,16,18H,5-6,11-12H2,1-4H3. The fraction of sp³-hybridized carbons (Fsp3) is 0.625. The summed E-state index contributed by atoms with van der Waals surface area (Å²) < 4.78 is 1.19. The number of nitrogens with zero attached hydrogens (tertiary/aromatic N) is 1. The predicted molar refractivity (Wildman–Crippen MR) is 87.4 cm³/mol. The van der Waals surface area contributed by atoms with Crippen LogP contribution in [0.25, 0.3) is 0 Å². The summed E-state index contributed by atoms with van der Waals surface area (Å²) >= 11 is 3.60. The minimum absolute atomic E-state index is 0.609. The zero-order chi connectivity index (χ0) is 14.3. The van der Waals surface area contributed by atoms with Crippen molar-refractivity contribution in [2.45, 2.75) is 39.3 Å². The second kappa shape index (κ2) is 8.72. The van der Waals surface area contributed by atoms with E-state index in [1.54, 1.807) is 0 Å². The monoisotopic (exact) mass is 326 g/mol. The van der Waals surface area contributed by atoms with Gasteiger partial charge in [-0.05, 0) is 31.6 Å². The summed E-state index contributed by atoms with van der Waals surface area (Å²) in [5.74, 6) is 0.765. The fourth-order valence-electron chi connectivity index (χ4n) is 2.60. The smallest absolute Gasteiger partial charge is 0.0242 e. The van der Waals surface area contributed by atoms with Gasteiger partial charge in [0.2, 0.25) is 0 Å². The molecule has 1 N–H and O–H groups in total. The molecule has 0 aliphatic heterocycles. The number of halogens is 1. The first-order valence-corrected chi connectivity index (χ1v) is 7.99. The van der Waals surface area contributed by atoms with E-state index in [9.17, 15) is 0 Å². The topological polar surface area (TPSA) is 15.3 Å². The van der Waals surface area contributed by atoms with Gasteiger partial charge in [0.1, 0.15) is 0 Å². The Morgan fingerprint density at radius 2 is 1.79 bits per heavy atom. The van der Waals surface area contributed by atoms with Gasteiger partial charge < -0.3 is 10.2 Å². The third-order valence-corrected chi connectivity index (χ3v) is 4.66. The lowest BCUT2D eigenvalue weighted by molar-refractivity contribution is 0.194. The Bertz CT molecular complexity index is 362. The van der Waals surface area contributed by atoms with Crippen molar-refractivity contribution < 1.29 is 0 Å². The van der Waals surface area contributed by atoms with Crippen molar-refractivity contribution in [1.29, 1.82) is 0 Å². The van der Waals surface area contributed by atoms with Crippen LogP contribution in [-0.2, 0) is 6.54 Å². The summed E-state index contributed by atoms with van der Waals surface area (Å²) in [5.41, 5.74) is 1.32. The zero-order valence-corrected chi connectivity index (χ0v) is 14.2. The lowest BCUT2D eigenvalue weighted by atomic mass is 9.93. The molecule has 0 heterocycles. The Balaban J connectivity index is 2.51. The molecule has 0 bridgehead atoms. The van der Waals surface area contributed by atoms with Crippen LogP contribution in [0.5, 0.6) is 0 Å². The molecule has 1 aromatic rings. The SMILES string of the molecule is CCC(CC)C(CNCc1ccccc1Br)N(C)C. The van der Waals surface area contributed by atoms with Gasteiger partial charge in [-0.1, -0.05) is 60.8 Å². The molecule has 0 aliphatic carbocycles. The van der Waals surface area contributed by atoms with Crippen molar-refractivity contribution in [2.75, 3.05) is 20.6 Å². The average Bonchev–Trinajstić information content (AvgIpc) is 2.40. The van der Waals surface area contributed by atoms with Crippen molar-refractivity contribution in [3.8, 4) is 0 Å². The largest absolute Gasteiger partial charge is 0.311 e. The molecule has 0 saturated heterocycles. The third-order valence-electron chi connectivity index (χ3n) is 3.88. The third kappa shape index (κ3) is 5.25. The van der Waals surface area contributed by atoms with Gasteiger partial charge in [-0.15, -0.1) is 0 Å². The van der Waals surface area contributed by atoms with Crippen molar-refractivity contribution >= 4 is 15.9 Å². The Morgan fingerprint density at radius 1 is 1.16 bits per heavy atom. The van der Waals surface area contributed by atoms with Crippen LogP contribution in [-0.4, -0.2) is 31.6 Å². The summed E-state index contributed by atoms with van der Waals surface area (Å²) in [5, 5.41) is 3.60. The predicted octanol–water partition coefficient (Wildman–Crippen LogP) is 3.91. The van der Waals surface area contributed by atoms with E-state index >= 15 is 0 Å². The van der Waals surface area contributed by atoms with Crippen LogP contribution >= 0.6 is 15.9 Å². The maximum Gasteiger partial charge on any atom is 0.0242 e. The van der Waals surface area contributed by atoms with Crippen LogP contribution in [0.4, 0.5) is 0 Å². The number of likely N-dealkylation sites (N-methyl/N-ethyl adjacent to an activating group) is 1. The highest BCUT2D eigenvalue weighted by Gasteiger charge is 2.19. The van der Waals surface area contributed by atoms with Crippen LogP contribution < -0.4 is 5.32 Å². The molecule has 0 saturated carbocycles. The quantitative estimate of drug-likeness (QED) is 0.779. The average molecular weight is 327 g/mol. The summed E-state index contributed by atoms with van der Waals surface area (Å²) in [4.78, 5) is 2.35. The molecule has 0 amide bonds. The zero-order valence-electron chi connectivity index (χ0n) is 12.6. The molecule has 1 unspecified atom stereocenters. The Kier molecular flexibility index (Phi) is 7.66. The van der Waals surface area contributed by atoms with E-state index in [1.165, 1.54) is 22.9 Å². The van der Waals surface area contributed by atoms with Crippen LogP contribution in [0.15, 0.2) is 28.7 Å². The summed E-state index contributed by atoms with van der Waals surface area (Å²) in [6.07, 6.45) is 2.49. The Hall–Kier alpha value is -0.380. The van der Waals surface area contributed by atoms with E-state index in [0.29, 0.717) is 6.04 Å². The normalized spacial score (nSPS) is 13.2. The van der Waals surface area contributed by atoms with E-state index in [-0.39, 0.29) is 0 Å². The molecule has 2 nitrogen and oxygen atoms in total. The molecule has 1 rings (SSSR count). The van der Waals surface area contributed by atoms with Gasteiger partial charge in [-0.25, -0.2) is 0 Å². The highest BCUT2D eigenvalue weighted by Crippen LogP contribution is 2.18.